The predicted molar refractivity (Wildman–Crippen MR) is 140 cm³/mol. The number of fused-ring (bicyclic) bond motifs is 3. The Hall–Kier alpha value is -3.43. The van der Waals surface area contributed by atoms with E-state index in [0.29, 0.717) is 63.9 Å². The van der Waals surface area contributed by atoms with Crippen molar-refractivity contribution in [3.63, 3.8) is 0 Å². The lowest BCUT2D eigenvalue weighted by Crippen LogP contribution is -2.40. The van der Waals surface area contributed by atoms with E-state index in [1.54, 1.807) is 39.5 Å². The fourth-order valence-corrected chi connectivity index (χ4v) is 5.14. The summed E-state index contributed by atoms with van der Waals surface area (Å²) >= 11 is 12.6. The van der Waals surface area contributed by atoms with Crippen molar-refractivity contribution in [2.75, 3.05) is 32.2 Å². The minimum absolute atomic E-state index is 0.0243. The smallest absolute Gasteiger partial charge is 0.332 e. The van der Waals surface area contributed by atoms with Gasteiger partial charge in [-0.2, -0.15) is 4.98 Å². The number of hydrogen-bond donors (Lipinski definition) is 0. The van der Waals surface area contributed by atoms with Crippen LogP contribution in [0.3, 0.4) is 0 Å². The first kappa shape index (κ1) is 24.3. The quantitative estimate of drug-likeness (QED) is 0.365. The van der Waals surface area contributed by atoms with Gasteiger partial charge in [0.2, 0.25) is 5.95 Å². The van der Waals surface area contributed by atoms with E-state index in [2.05, 4.69) is 4.90 Å². The molecule has 11 heteroatoms. The molecule has 0 aliphatic carbocycles. The molecule has 0 saturated carbocycles. The van der Waals surface area contributed by atoms with Gasteiger partial charge in [0.25, 0.3) is 5.56 Å². The number of aryl methyl sites for hydroxylation is 1. The lowest BCUT2D eigenvalue weighted by molar-refractivity contribution is 0.354. The summed E-state index contributed by atoms with van der Waals surface area (Å²) in [4.78, 5) is 33.5. The topological polar surface area (TPSA) is 83.5 Å². The molecule has 188 valence electrons. The molecule has 0 atom stereocenters. The molecular weight excluding hydrogens is 505 g/mol. The molecule has 0 fully saturated rings. The number of nitrogens with zero attached hydrogens (tertiary/aromatic N) is 5. The minimum atomic E-state index is -0.475. The Bertz CT molecular complexity index is 1570. The largest absolute Gasteiger partial charge is 0.493 e. The fraction of sp³-hybridized carbons (Fsp3) is 0.320. The number of rotatable bonds is 7. The second-order valence-electron chi connectivity index (χ2n) is 8.60. The molecule has 0 N–H and O–H groups in total. The van der Waals surface area contributed by atoms with Crippen molar-refractivity contribution in [3.8, 4) is 11.5 Å². The van der Waals surface area contributed by atoms with E-state index in [9.17, 15) is 9.59 Å². The first-order valence-electron chi connectivity index (χ1n) is 11.4. The van der Waals surface area contributed by atoms with E-state index in [1.165, 1.54) is 4.57 Å². The lowest BCUT2D eigenvalue weighted by Gasteiger charge is -2.16. The third-order valence-electron chi connectivity index (χ3n) is 6.58. The number of anilines is 1. The second-order valence-corrected chi connectivity index (χ2v) is 9.41. The summed E-state index contributed by atoms with van der Waals surface area (Å²) in [5.74, 6) is 2.03. The van der Waals surface area contributed by atoms with Gasteiger partial charge in [0.05, 0.1) is 20.8 Å². The lowest BCUT2D eigenvalue weighted by atomic mass is 10.1. The van der Waals surface area contributed by atoms with Crippen molar-refractivity contribution in [1.29, 1.82) is 0 Å². The molecule has 5 rings (SSSR count). The maximum absolute atomic E-state index is 13.5. The highest BCUT2D eigenvalue weighted by Crippen LogP contribution is 2.29. The molecule has 0 bridgehead atoms. The Morgan fingerprint density at radius 2 is 1.72 bits per heavy atom. The van der Waals surface area contributed by atoms with E-state index in [4.69, 9.17) is 37.7 Å². The molecule has 2 aromatic carbocycles. The number of methoxy groups -OCH3 is 2. The van der Waals surface area contributed by atoms with Crippen molar-refractivity contribution in [3.05, 3.63) is 78.4 Å². The van der Waals surface area contributed by atoms with Crippen molar-refractivity contribution < 1.29 is 9.47 Å². The van der Waals surface area contributed by atoms with E-state index >= 15 is 0 Å². The van der Waals surface area contributed by atoms with Crippen LogP contribution in [-0.2, 0) is 26.6 Å². The van der Waals surface area contributed by atoms with Crippen molar-refractivity contribution >= 4 is 40.3 Å². The van der Waals surface area contributed by atoms with Gasteiger partial charge in [-0.05, 0) is 36.2 Å². The molecule has 2 aromatic heterocycles. The molecule has 1 aliphatic heterocycles. The van der Waals surface area contributed by atoms with E-state index in [1.807, 2.05) is 22.8 Å². The third-order valence-corrected chi connectivity index (χ3v) is 7.29. The standard InChI is InChI=1S/C25H25Cl2N5O4/c1-29-22-21(23(33)32(25(29)34)14-16-17(26)5-4-6-18(16)27)31-12-11-30(24(31)28-22)10-9-15-7-8-19(35-2)20(13-15)36-3/h4-8,13H,9-12,14H2,1-3H3. The summed E-state index contributed by atoms with van der Waals surface area (Å²) in [6.45, 7) is 1.97. The Morgan fingerprint density at radius 3 is 2.42 bits per heavy atom. The average Bonchev–Trinajstić information content (AvgIpc) is 3.45. The van der Waals surface area contributed by atoms with Crippen LogP contribution in [0, 0.1) is 0 Å². The highest BCUT2D eigenvalue weighted by Gasteiger charge is 2.28. The molecule has 9 nitrogen and oxygen atoms in total. The molecule has 0 amide bonds. The molecular formula is C25H25Cl2N5O4. The van der Waals surface area contributed by atoms with Crippen LogP contribution in [-0.4, -0.2) is 46.0 Å². The average molecular weight is 530 g/mol. The maximum atomic E-state index is 13.5. The molecule has 0 unspecified atom stereocenters. The molecule has 1 aliphatic rings. The van der Waals surface area contributed by atoms with Gasteiger partial charge >= 0.3 is 5.69 Å². The van der Waals surface area contributed by atoms with E-state index in [-0.39, 0.29) is 6.54 Å². The van der Waals surface area contributed by atoms with Crippen LogP contribution in [0.15, 0.2) is 46.0 Å². The summed E-state index contributed by atoms with van der Waals surface area (Å²) in [6.07, 6.45) is 0.748. The molecule has 3 heterocycles. The number of benzene rings is 2. The molecule has 0 radical (unpaired) electrons. The minimum Gasteiger partial charge on any atom is -0.493 e. The summed E-state index contributed by atoms with van der Waals surface area (Å²) in [6, 6.07) is 10.9. The third kappa shape index (κ3) is 4.02. The van der Waals surface area contributed by atoms with Crippen molar-refractivity contribution in [2.45, 2.75) is 19.5 Å². The number of aromatic nitrogens is 4. The molecule has 0 saturated heterocycles. The van der Waals surface area contributed by atoms with Crippen LogP contribution >= 0.6 is 23.2 Å². The normalized spacial score (nSPS) is 12.9. The SMILES string of the molecule is COc1ccc(CCN2CCn3c2nc2c3c(=O)n(Cc3c(Cl)cccc3Cl)c(=O)n2C)cc1OC. The Labute approximate surface area is 217 Å². The van der Waals surface area contributed by atoms with Crippen molar-refractivity contribution in [1.82, 2.24) is 18.7 Å². The van der Waals surface area contributed by atoms with E-state index in [0.717, 1.165) is 16.6 Å². The van der Waals surface area contributed by atoms with Gasteiger partial charge in [0, 0.05) is 42.3 Å². The van der Waals surface area contributed by atoms with Crippen molar-refractivity contribution in [2.24, 2.45) is 7.05 Å². The van der Waals surface area contributed by atoms with Crippen LogP contribution in [0.5, 0.6) is 11.5 Å². The fourth-order valence-electron chi connectivity index (χ4n) is 4.63. The van der Waals surface area contributed by atoms with Gasteiger partial charge in [-0.25, -0.2) is 4.79 Å². The highest BCUT2D eigenvalue weighted by molar-refractivity contribution is 6.35. The zero-order valence-corrected chi connectivity index (χ0v) is 21.6. The second kappa shape index (κ2) is 9.55. The van der Waals surface area contributed by atoms with Crippen LogP contribution in [0.2, 0.25) is 10.0 Å². The zero-order valence-electron chi connectivity index (χ0n) is 20.1. The predicted octanol–water partition coefficient (Wildman–Crippen LogP) is 3.33. The number of ether oxygens (including phenoxy) is 2. The summed E-state index contributed by atoms with van der Waals surface area (Å²) in [5, 5.41) is 0.799. The summed E-state index contributed by atoms with van der Waals surface area (Å²) < 4.78 is 15.2. The first-order valence-corrected chi connectivity index (χ1v) is 12.2. The zero-order chi connectivity index (χ0) is 25.6. The van der Waals surface area contributed by atoms with Gasteiger partial charge < -0.3 is 18.9 Å². The van der Waals surface area contributed by atoms with Gasteiger partial charge in [-0.3, -0.25) is 13.9 Å². The summed E-state index contributed by atoms with van der Waals surface area (Å²) in [7, 11) is 4.84. The monoisotopic (exact) mass is 529 g/mol. The maximum Gasteiger partial charge on any atom is 0.332 e. The Balaban J connectivity index is 1.49. The molecule has 4 aromatic rings. The van der Waals surface area contributed by atoms with E-state index < -0.39 is 11.2 Å². The number of hydrogen-bond acceptors (Lipinski definition) is 6. The van der Waals surface area contributed by atoms with Gasteiger partial charge in [-0.15, -0.1) is 0 Å². The van der Waals surface area contributed by atoms with Crippen LogP contribution < -0.4 is 25.6 Å². The van der Waals surface area contributed by atoms with Crippen LogP contribution in [0.25, 0.3) is 11.2 Å². The van der Waals surface area contributed by atoms with Crippen LogP contribution in [0.1, 0.15) is 11.1 Å². The Kier molecular flexibility index (Phi) is 6.44. The summed E-state index contributed by atoms with van der Waals surface area (Å²) in [5.41, 5.74) is 1.48. The van der Waals surface area contributed by atoms with Gasteiger partial charge in [0.1, 0.15) is 0 Å². The van der Waals surface area contributed by atoms with Gasteiger partial charge in [-0.1, -0.05) is 35.3 Å². The van der Waals surface area contributed by atoms with Gasteiger partial charge in [0.15, 0.2) is 22.7 Å². The number of imidazole rings is 1. The number of halogens is 2. The molecule has 36 heavy (non-hydrogen) atoms. The molecule has 0 spiro atoms. The highest BCUT2D eigenvalue weighted by atomic mass is 35.5. The first-order chi connectivity index (χ1) is 17.3. The Morgan fingerprint density at radius 1 is 1.00 bits per heavy atom. The van der Waals surface area contributed by atoms with Crippen LogP contribution in [0.4, 0.5) is 5.95 Å².